The first kappa shape index (κ1) is 36.8. The highest BCUT2D eigenvalue weighted by Crippen LogP contribution is 2.49. The third-order valence-electron chi connectivity index (χ3n) is 12.4. The van der Waals surface area contributed by atoms with Gasteiger partial charge in [0.1, 0.15) is 0 Å². The summed E-state index contributed by atoms with van der Waals surface area (Å²) in [4.78, 5) is 2.49. The number of fused-ring (bicyclic) bond motifs is 6. The van der Waals surface area contributed by atoms with Gasteiger partial charge in [-0.1, -0.05) is 188 Å². The highest BCUT2D eigenvalue weighted by Gasteiger charge is 2.24. The second-order valence-electron chi connectivity index (χ2n) is 16.0. The fourth-order valence-electron chi connectivity index (χ4n) is 9.65. The predicted molar refractivity (Wildman–Crippen MR) is 270 cm³/mol. The summed E-state index contributed by atoms with van der Waals surface area (Å²) >= 11 is 1.88. The largest absolute Gasteiger partial charge is 0.309 e. The molecule has 2 heterocycles. The average molecular weight is 821 g/mol. The summed E-state index contributed by atoms with van der Waals surface area (Å²) in [5.74, 6) is 0. The topological polar surface area (TPSA) is 8.17 Å². The molecule has 0 spiro atoms. The maximum Gasteiger partial charge on any atom is 0.0562 e. The molecule has 63 heavy (non-hydrogen) atoms. The lowest BCUT2D eigenvalue weighted by atomic mass is 9.88. The monoisotopic (exact) mass is 820 g/mol. The van der Waals surface area contributed by atoms with Crippen LogP contribution in [0.4, 0.5) is 17.1 Å². The minimum Gasteiger partial charge on any atom is -0.309 e. The Balaban J connectivity index is 1.10. The lowest BCUT2D eigenvalue weighted by Crippen LogP contribution is -2.12. The molecule has 0 aliphatic rings. The molecular formula is C60H40N2S. The highest BCUT2D eigenvalue weighted by molar-refractivity contribution is 7.26. The van der Waals surface area contributed by atoms with E-state index < -0.39 is 0 Å². The zero-order chi connectivity index (χ0) is 41.7. The first-order valence-electron chi connectivity index (χ1n) is 21.5. The number of hydrogen-bond acceptors (Lipinski definition) is 2. The van der Waals surface area contributed by atoms with E-state index in [1.54, 1.807) is 0 Å². The van der Waals surface area contributed by atoms with Gasteiger partial charge in [0, 0.05) is 47.9 Å². The highest BCUT2D eigenvalue weighted by atomic mass is 32.1. The number of nitrogens with zero attached hydrogens (tertiary/aromatic N) is 2. The molecule has 2 nitrogen and oxygen atoms in total. The molecule has 0 saturated carbocycles. The fourth-order valence-corrected chi connectivity index (χ4v) is 10.9. The van der Waals surface area contributed by atoms with Crippen molar-refractivity contribution in [3.8, 4) is 50.2 Å². The molecular weight excluding hydrogens is 781 g/mol. The number of benzene rings is 10. The summed E-state index contributed by atoms with van der Waals surface area (Å²) in [6.45, 7) is 0. The number of anilines is 3. The minimum absolute atomic E-state index is 1.08. The van der Waals surface area contributed by atoms with E-state index in [1.807, 2.05) is 11.3 Å². The van der Waals surface area contributed by atoms with Crippen LogP contribution in [-0.2, 0) is 0 Å². The van der Waals surface area contributed by atoms with Crippen molar-refractivity contribution in [2.75, 3.05) is 4.90 Å². The van der Waals surface area contributed by atoms with Crippen molar-refractivity contribution in [1.29, 1.82) is 0 Å². The Morgan fingerprint density at radius 2 is 0.825 bits per heavy atom. The quantitative estimate of drug-likeness (QED) is 0.148. The van der Waals surface area contributed by atoms with Gasteiger partial charge in [0.25, 0.3) is 0 Å². The molecule has 0 amide bonds. The van der Waals surface area contributed by atoms with E-state index in [9.17, 15) is 0 Å². The van der Waals surface area contributed by atoms with Gasteiger partial charge in [0.05, 0.1) is 22.4 Å². The Kier molecular flexibility index (Phi) is 9.06. The van der Waals surface area contributed by atoms with Crippen LogP contribution in [0, 0.1) is 0 Å². The van der Waals surface area contributed by atoms with Crippen LogP contribution in [0.1, 0.15) is 0 Å². The first-order chi connectivity index (χ1) is 31.3. The summed E-state index contributed by atoms with van der Waals surface area (Å²) in [7, 11) is 0. The van der Waals surface area contributed by atoms with Crippen molar-refractivity contribution >= 4 is 70.4 Å². The van der Waals surface area contributed by atoms with Gasteiger partial charge < -0.3 is 9.47 Å². The van der Waals surface area contributed by atoms with E-state index >= 15 is 0 Å². The SMILES string of the molecule is c1ccc(-c2ccccc2-c2ccccc2-c2ccccc2N(c2ccc(-c3cccc4c3sc3ccccc34)cc2)c2cccc3c2c2ccccc2n3-c2ccccc2)cc1. The van der Waals surface area contributed by atoms with Gasteiger partial charge in [-0.2, -0.15) is 0 Å². The van der Waals surface area contributed by atoms with Gasteiger partial charge in [-0.15, -0.1) is 11.3 Å². The number of aromatic nitrogens is 1. The molecule has 0 fully saturated rings. The molecule has 0 unspecified atom stereocenters. The molecule has 0 bridgehead atoms. The Hall–Kier alpha value is -7.98. The summed E-state index contributed by atoms with van der Waals surface area (Å²) < 4.78 is 5.04. The summed E-state index contributed by atoms with van der Waals surface area (Å²) in [6, 6.07) is 88.4. The Bertz CT molecular complexity index is 3620. The summed E-state index contributed by atoms with van der Waals surface area (Å²) in [5, 5.41) is 5.03. The molecule has 0 saturated heterocycles. The van der Waals surface area contributed by atoms with Crippen LogP contribution < -0.4 is 4.90 Å². The molecule has 296 valence electrons. The molecule has 0 aliphatic carbocycles. The maximum atomic E-state index is 2.49. The van der Waals surface area contributed by atoms with Gasteiger partial charge in [-0.05, 0) is 93.5 Å². The van der Waals surface area contributed by atoms with Crippen LogP contribution in [0.2, 0.25) is 0 Å². The maximum absolute atomic E-state index is 2.49. The fraction of sp³-hybridized carbons (Fsp3) is 0. The van der Waals surface area contributed by atoms with Crippen LogP contribution in [0.3, 0.4) is 0 Å². The van der Waals surface area contributed by atoms with E-state index in [2.05, 4.69) is 252 Å². The summed E-state index contributed by atoms with van der Waals surface area (Å²) in [5.41, 5.74) is 16.4. The zero-order valence-electron chi connectivity index (χ0n) is 34.4. The third-order valence-corrected chi connectivity index (χ3v) is 13.7. The van der Waals surface area contributed by atoms with E-state index in [-0.39, 0.29) is 0 Å². The van der Waals surface area contributed by atoms with E-state index in [4.69, 9.17) is 0 Å². The molecule has 0 aliphatic heterocycles. The van der Waals surface area contributed by atoms with Crippen LogP contribution in [0.15, 0.2) is 243 Å². The number of para-hydroxylation sites is 3. The second-order valence-corrected chi connectivity index (χ2v) is 17.0. The van der Waals surface area contributed by atoms with E-state index in [1.165, 1.54) is 75.4 Å². The molecule has 0 radical (unpaired) electrons. The van der Waals surface area contributed by atoms with Gasteiger partial charge in [0.15, 0.2) is 0 Å². The lowest BCUT2D eigenvalue weighted by molar-refractivity contribution is 1.18. The van der Waals surface area contributed by atoms with Crippen molar-refractivity contribution in [2.24, 2.45) is 0 Å². The molecule has 3 heteroatoms. The Morgan fingerprint density at radius 3 is 1.60 bits per heavy atom. The normalized spacial score (nSPS) is 11.5. The lowest BCUT2D eigenvalue weighted by Gasteiger charge is -2.29. The van der Waals surface area contributed by atoms with Crippen molar-refractivity contribution in [1.82, 2.24) is 4.57 Å². The molecule has 12 aromatic rings. The van der Waals surface area contributed by atoms with Gasteiger partial charge in [-0.25, -0.2) is 0 Å². The van der Waals surface area contributed by atoms with Crippen LogP contribution >= 0.6 is 11.3 Å². The van der Waals surface area contributed by atoms with Crippen molar-refractivity contribution in [3.05, 3.63) is 243 Å². The number of hydrogen-bond donors (Lipinski definition) is 0. The second kappa shape index (κ2) is 15.5. The van der Waals surface area contributed by atoms with E-state index in [0.29, 0.717) is 0 Å². The van der Waals surface area contributed by atoms with Crippen LogP contribution in [0.5, 0.6) is 0 Å². The summed E-state index contributed by atoms with van der Waals surface area (Å²) in [6.07, 6.45) is 0. The third kappa shape index (κ3) is 6.24. The smallest absolute Gasteiger partial charge is 0.0562 e. The van der Waals surface area contributed by atoms with Gasteiger partial charge in [-0.3, -0.25) is 0 Å². The number of thiophene rings is 1. The van der Waals surface area contributed by atoms with Crippen LogP contribution in [-0.4, -0.2) is 4.57 Å². The average Bonchev–Trinajstić information content (AvgIpc) is 3.92. The van der Waals surface area contributed by atoms with Crippen LogP contribution in [0.25, 0.3) is 92.2 Å². The Morgan fingerprint density at radius 1 is 0.317 bits per heavy atom. The van der Waals surface area contributed by atoms with Crippen molar-refractivity contribution < 1.29 is 0 Å². The molecule has 10 aromatic carbocycles. The Labute approximate surface area is 370 Å². The molecule has 0 N–H and O–H groups in total. The van der Waals surface area contributed by atoms with Crippen molar-refractivity contribution in [2.45, 2.75) is 0 Å². The standard InChI is InChI=1S/C60H40N2S/c1-3-19-41(20-4-1)45-23-7-8-24-47(45)48-25-9-10-26-49(48)50-27-11-14-32-54(50)62(44-39-37-42(38-40-44)46-30-17-31-52-51-28-13-16-36-58(51)63-60(46)52)57-35-18-34-56-59(57)53-29-12-15-33-55(53)61(56)43-21-5-2-6-22-43/h1-40H. The molecule has 0 atom stereocenters. The zero-order valence-corrected chi connectivity index (χ0v) is 35.2. The minimum atomic E-state index is 1.08. The first-order valence-corrected chi connectivity index (χ1v) is 22.3. The molecule has 12 rings (SSSR count). The predicted octanol–water partition coefficient (Wildman–Crippen LogP) is 17.3. The molecule has 2 aromatic heterocycles. The number of rotatable bonds is 8. The van der Waals surface area contributed by atoms with Gasteiger partial charge in [0.2, 0.25) is 0 Å². The van der Waals surface area contributed by atoms with E-state index in [0.717, 1.165) is 33.8 Å². The van der Waals surface area contributed by atoms with Gasteiger partial charge >= 0.3 is 0 Å². The van der Waals surface area contributed by atoms with Crippen molar-refractivity contribution in [3.63, 3.8) is 0 Å².